The minimum absolute atomic E-state index is 0.00460. The maximum atomic E-state index is 12.4. The number of benzene rings is 1. The van der Waals surface area contributed by atoms with Gasteiger partial charge in [0.1, 0.15) is 0 Å². The molecule has 0 unspecified atom stereocenters. The van der Waals surface area contributed by atoms with Gasteiger partial charge in [0.15, 0.2) is 0 Å². The summed E-state index contributed by atoms with van der Waals surface area (Å²) in [6.07, 6.45) is -1.53. The molecule has 1 aliphatic carbocycles. The summed E-state index contributed by atoms with van der Waals surface area (Å²) in [7, 11) is 0. The van der Waals surface area contributed by atoms with Crippen LogP contribution in [0.5, 0.6) is 0 Å². The van der Waals surface area contributed by atoms with E-state index in [0.717, 1.165) is 43.5 Å². The molecular weight excluding hydrogens is 297 g/mol. The van der Waals surface area contributed by atoms with Gasteiger partial charge in [-0.05, 0) is 37.1 Å². The second kappa shape index (κ2) is 6.81. The Morgan fingerprint density at radius 1 is 1.05 bits per heavy atom. The molecule has 0 aliphatic heterocycles. The Morgan fingerprint density at radius 3 is 2.14 bits per heavy atom. The molecule has 0 aromatic heterocycles. The molecule has 22 heavy (non-hydrogen) atoms. The van der Waals surface area contributed by atoms with Gasteiger partial charge < -0.3 is 10.6 Å². The van der Waals surface area contributed by atoms with Crippen molar-refractivity contribution in [1.29, 1.82) is 0 Å². The number of carbonyl (C=O) groups is 2. The molecule has 120 valence electrons. The molecule has 1 aliphatic rings. The highest BCUT2D eigenvalue weighted by atomic mass is 19.4. The van der Waals surface area contributed by atoms with E-state index >= 15 is 0 Å². The van der Waals surface area contributed by atoms with Crippen molar-refractivity contribution in [1.82, 2.24) is 10.6 Å². The predicted molar refractivity (Wildman–Crippen MR) is 74.1 cm³/mol. The van der Waals surface area contributed by atoms with E-state index in [1.807, 2.05) is 0 Å². The van der Waals surface area contributed by atoms with Crippen LogP contribution < -0.4 is 10.6 Å². The molecule has 1 fully saturated rings. The lowest BCUT2D eigenvalue weighted by atomic mass is 9.85. The van der Waals surface area contributed by atoms with Crippen LogP contribution in [0, 0.1) is 5.92 Å². The van der Waals surface area contributed by atoms with Gasteiger partial charge in [0.05, 0.1) is 5.56 Å². The van der Waals surface area contributed by atoms with E-state index in [9.17, 15) is 22.8 Å². The quantitative estimate of drug-likeness (QED) is 0.820. The fourth-order valence-electron chi connectivity index (χ4n) is 2.09. The number of halogens is 3. The van der Waals surface area contributed by atoms with Crippen LogP contribution in [-0.2, 0) is 11.0 Å². The standard InChI is InChI=1S/C15H17F3N2O2/c16-15(17,18)12-6-4-11(5-7-12)14(22)20-9-8-19-13(21)10-2-1-3-10/h4-7,10H,1-3,8-9H2,(H,19,21)(H,20,22). The average molecular weight is 314 g/mol. The molecule has 2 N–H and O–H groups in total. The number of amides is 2. The number of rotatable bonds is 5. The van der Waals surface area contributed by atoms with Gasteiger partial charge in [-0.15, -0.1) is 0 Å². The van der Waals surface area contributed by atoms with Crippen molar-refractivity contribution < 1.29 is 22.8 Å². The maximum absolute atomic E-state index is 12.4. The predicted octanol–water partition coefficient (Wildman–Crippen LogP) is 2.35. The van der Waals surface area contributed by atoms with Crippen LogP contribution >= 0.6 is 0 Å². The summed E-state index contributed by atoms with van der Waals surface area (Å²) < 4.78 is 37.2. The van der Waals surface area contributed by atoms with E-state index in [1.54, 1.807) is 0 Å². The first kappa shape index (κ1) is 16.3. The highest BCUT2D eigenvalue weighted by Gasteiger charge is 2.30. The van der Waals surface area contributed by atoms with E-state index in [-0.39, 0.29) is 23.9 Å². The van der Waals surface area contributed by atoms with Crippen LogP contribution in [0.25, 0.3) is 0 Å². The molecule has 2 amide bonds. The Labute approximate surface area is 126 Å². The van der Waals surface area contributed by atoms with Gasteiger partial charge in [0.25, 0.3) is 5.91 Å². The molecule has 0 atom stereocenters. The van der Waals surface area contributed by atoms with Gasteiger partial charge in [0.2, 0.25) is 5.91 Å². The molecule has 0 radical (unpaired) electrons. The molecule has 0 heterocycles. The molecule has 0 saturated heterocycles. The Morgan fingerprint density at radius 2 is 1.64 bits per heavy atom. The Bertz CT molecular complexity index is 537. The second-order valence-corrected chi connectivity index (χ2v) is 5.25. The lowest BCUT2D eigenvalue weighted by Crippen LogP contribution is -2.39. The van der Waals surface area contributed by atoms with E-state index in [0.29, 0.717) is 6.54 Å². The third-order valence-electron chi connectivity index (χ3n) is 3.66. The van der Waals surface area contributed by atoms with Gasteiger partial charge in [-0.2, -0.15) is 13.2 Å². The second-order valence-electron chi connectivity index (χ2n) is 5.25. The molecule has 2 rings (SSSR count). The van der Waals surface area contributed by atoms with E-state index in [4.69, 9.17) is 0 Å². The summed E-state index contributed by atoms with van der Waals surface area (Å²) in [5.74, 6) is -0.382. The molecule has 1 aromatic carbocycles. The summed E-state index contributed by atoms with van der Waals surface area (Å²) in [5, 5.41) is 5.27. The third-order valence-corrected chi connectivity index (χ3v) is 3.66. The normalized spacial score (nSPS) is 15.0. The number of hydrogen-bond donors (Lipinski definition) is 2. The summed E-state index contributed by atoms with van der Waals surface area (Å²) in [6, 6.07) is 4.00. The SMILES string of the molecule is O=C(NCCNC(=O)C1CCC1)c1ccc(C(F)(F)F)cc1. The van der Waals surface area contributed by atoms with Crippen molar-refractivity contribution in [3.05, 3.63) is 35.4 Å². The van der Waals surface area contributed by atoms with Crippen LogP contribution in [0.15, 0.2) is 24.3 Å². The van der Waals surface area contributed by atoms with Crippen LogP contribution in [0.4, 0.5) is 13.2 Å². The van der Waals surface area contributed by atoms with Crippen LogP contribution in [0.3, 0.4) is 0 Å². The molecule has 1 saturated carbocycles. The van der Waals surface area contributed by atoms with Crippen molar-refractivity contribution in [2.75, 3.05) is 13.1 Å². The fourth-order valence-corrected chi connectivity index (χ4v) is 2.09. The minimum atomic E-state index is -4.42. The van der Waals surface area contributed by atoms with E-state index in [1.165, 1.54) is 0 Å². The first-order chi connectivity index (χ1) is 10.4. The highest BCUT2D eigenvalue weighted by molar-refractivity contribution is 5.94. The molecule has 4 nitrogen and oxygen atoms in total. The number of hydrogen-bond acceptors (Lipinski definition) is 2. The molecule has 7 heteroatoms. The van der Waals surface area contributed by atoms with Crippen molar-refractivity contribution in [2.24, 2.45) is 5.92 Å². The van der Waals surface area contributed by atoms with Gasteiger partial charge in [0, 0.05) is 24.6 Å². The Kier molecular flexibility index (Phi) is 5.05. The van der Waals surface area contributed by atoms with Gasteiger partial charge >= 0.3 is 6.18 Å². The summed E-state index contributed by atoms with van der Waals surface area (Å²) >= 11 is 0. The average Bonchev–Trinajstić information content (AvgIpc) is 2.40. The van der Waals surface area contributed by atoms with Gasteiger partial charge in [-0.3, -0.25) is 9.59 Å². The number of carbonyl (C=O) groups excluding carboxylic acids is 2. The first-order valence-corrected chi connectivity index (χ1v) is 7.11. The zero-order valence-electron chi connectivity index (χ0n) is 11.9. The summed E-state index contributed by atoms with van der Waals surface area (Å²) in [6.45, 7) is 0.542. The number of nitrogens with one attached hydrogen (secondary N) is 2. The highest BCUT2D eigenvalue weighted by Crippen LogP contribution is 2.29. The lowest BCUT2D eigenvalue weighted by Gasteiger charge is -2.24. The van der Waals surface area contributed by atoms with Crippen LogP contribution in [0.1, 0.15) is 35.2 Å². The largest absolute Gasteiger partial charge is 0.416 e. The molecule has 0 spiro atoms. The Balaban J connectivity index is 1.73. The van der Waals surface area contributed by atoms with E-state index in [2.05, 4.69) is 10.6 Å². The van der Waals surface area contributed by atoms with Crippen molar-refractivity contribution in [2.45, 2.75) is 25.4 Å². The first-order valence-electron chi connectivity index (χ1n) is 7.11. The third kappa shape index (κ3) is 4.22. The van der Waals surface area contributed by atoms with Crippen molar-refractivity contribution in [3.63, 3.8) is 0 Å². The van der Waals surface area contributed by atoms with Crippen LogP contribution in [-0.4, -0.2) is 24.9 Å². The Hall–Kier alpha value is -2.05. The lowest BCUT2D eigenvalue weighted by molar-refractivity contribution is -0.137. The molecule has 0 bridgehead atoms. The maximum Gasteiger partial charge on any atom is 0.416 e. The van der Waals surface area contributed by atoms with Gasteiger partial charge in [-0.25, -0.2) is 0 Å². The zero-order valence-corrected chi connectivity index (χ0v) is 11.9. The smallest absolute Gasteiger partial charge is 0.354 e. The van der Waals surface area contributed by atoms with Crippen molar-refractivity contribution in [3.8, 4) is 0 Å². The monoisotopic (exact) mass is 314 g/mol. The summed E-state index contributed by atoms with van der Waals surface area (Å²) in [4.78, 5) is 23.3. The molecular formula is C15H17F3N2O2. The molecule has 1 aromatic rings. The van der Waals surface area contributed by atoms with Gasteiger partial charge in [-0.1, -0.05) is 6.42 Å². The topological polar surface area (TPSA) is 58.2 Å². The minimum Gasteiger partial charge on any atom is -0.354 e. The van der Waals surface area contributed by atoms with E-state index < -0.39 is 17.6 Å². The fraction of sp³-hybridized carbons (Fsp3) is 0.467. The summed E-state index contributed by atoms with van der Waals surface area (Å²) in [5.41, 5.74) is -0.643. The van der Waals surface area contributed by atoms with Crippen LogP contribution in [0.2, 0.25) is 0 Å². The zero-order chi connectivity index (χ0) is 16.2. The number of alkyl halides is 3. The van der Waals surface area contributed by atoms with Crippen molar-refractivity contribution >= 4 is 11.8 Å².